The number of ether oxygens (including phenoxy) is 3. The molecule has 0 aliphatic rings. The summed E-state index contributed by atoms with van der Waals surface area (Å²) in [6, 6.07) is 3.69. The SMILES string of the molecule is CCC(C)(P=O)c1cc(OC)c(OC)c(OC)c1. The van der Waals surface area contributed by atoms with Gasteiger partial charge in [0.1, 0.15) is 0 Å². The first-order chi connectivity index (χ1) is 8.56. The molecule has 1 rings (SSSR count). The summed E-state index contributed by atoms with van der Waals surface area (Å²) in [4.78, 5) is 0. The summed E-state index contributed by atoms with van der Waals surface area (Å²) in [5, 5.41) is -0.452. The van der Waals surface area contributed by atoms with Crippen molar-refractivity contribution in [2.45, 2.75) is 25.4 Å². The van der Waals surface area contributed by atoms with Crippen LogP contribution in [0.25, 0.3) is 0 Å². The van der Waals surface area contributed by atoms with E-state index in [4.69, 9.17) is 14.2 Å². The van der Waals surface area contributed by atoms with E-state index in [1.54, 1.807) is 21.3 Å². The van der Waals surface area contributed by atoms with Gasteiger partial charge in [-0.25, -0.2) is 0 Å². The third-order valence-electron chi connectivity index (χ3n) is 3.18. The minimum Gasteiger partial charge on any atom is -0.493 e. The molecule has 0 aliphatic heterocycles. The number of hydrogen-bond donors (Lipinski definition) is 0. The van der Waals surface area contributed by atoms with Crippen molar-refractivity contribution in [1.29, 1.82) is 0 Å². The van der Waals surface area contributed by atoms with Gasteiger partial charge in [-0.15, -0.1) is 0 Å². The van der Waals surface area contributed by atoms with Gasteiger partial charge in [0, 0.05) is 0 Å². The second-order valence-electron chi connectivity index (χ2n) is 4.13. The Balaban J connectivity index is 3.44. The summed E-state index contributed by atoms with van der Waals surface area (Å²) in [6.07, 6.45) is 0.747. The molecule has 1 aromatic rings. The standard InChI is InChI=1S/C13H19O4P/c1-6-13(2,18-14)9-7-10(15-3)12(17-5)11(8-9)16-4/h7-8H,6H2,1-5H3. The summed E-state index contributed by atoms with van der Waals surface area (Å²) >= 11 is 0. The fourth-order valence-electron chi connectivity index (χ4n) is 1.71. The van der Waals surface area contributed by atoms with Crippen LogP contribution in [-0.2, 0) is 9.72 Å². The molecule has 0 aliphatic carbocycles. The maximum absolute atomic E-state index is 11.4. The molecule has 0 N–H and O–H groups in total. The van der Waals surface area contributed by atoms with Crippen molar-refractivity contribution >= 4 is 8.46 Å². The average molecular weight is 270 g/mol. The molecule has 5 heteroatoms. The highest BCUT2D eigenvalue weighted by atomic mass is 31.1. The highest BCUT2D eigenvalue weighted by Crippen LogP contribution is 2.45. The van der Waals surface area contributed by atoms with E-state index < -0.39 is 5.16 Å². The fraction of sp³-hybridized carbons (Fsp3) is 0.538. The van der Waals surface area contributed by atoms with Gasteiger partial charge < -0.3 is 14.2 Å². The van der Waals surface area contributed by atoms with Crippen LogP contribution in [0.5, 0.6) is 17.2 Å². The van der Waals surface area contributed by atoms with E-state index in [1.165, 1.54) is 0 Å². The first-order valence-electron chi connectivity index (χ1n) is 5.71. The molecule has 0 spiro atoms. The van der Waals surface area contributed by atoms with Gasteiger partial charge >= 0.3 is 0 Å². The lowest BCUT2D eigenvalue weighted by molar-refractivity contribution is 0.323. The smallest absolute Gasteiger partial charge is 0.203 e. The predicted molar refractivity (Wildman–Crippen MR) is 71.3 cm³/mol. The minimum atomic E-state index is -0.452. The molecule has 1 atom stereocenters. The quantitative estimate of drug-likeness (QED) is 0.740. The molecule has 18 heavy (non-hydrogen) atoms. The lowest BCUT2D eigenvalue weighted by Gasteiger charge is -2.23. The Morgan fingerprint density at radius 3 is 1.89 bits per heavy atom. The second kappa shape index (κ2) is 6.05. The molecular weight excluding hydrogens is 251 g/mol. The van der Waals surface area contributed by atoms with Crippen molar-refractivity contribution in [2.75, 3.05) is 21.3 Å². The van der Waals surface area contributed by atoms with Crippen molar-refractivity contribution in [3.63, 3.8) is 0 Å². The van der Waals surface area contributed by atoms with Crippen molar-refractivity contribution in [2.24, 2.45) is 0 Å². The molecule has 4 nitrogen and oxygen atoms in total. The molecule has 0 bridgehead atoms. The van der Waals surface area contributed by atoms with Crippen LogP contribution in [0.1, 0.15) is 25.8 Å². The Bertz CT molecular complexity index is 408. The summed E-state index contributed by atoms with van der Waals surface area (Å²) < 4.78 is 27.2. The van der Waals surface area contributed by atoms with Crippen LogP contribution < -0.4 is 14.2 Å². The van der Waals surface area contributed by atoms with Crippen molar-refractivity contribution < 1.29 is 18.8 Å². The lowest BCUT2D eigenvalue weighted by Crippen LogP contribution is -2.13. The van der Waals surface area contributed by atoms with E-state index in [-0.39, 0.29) is 8.46 Å². The zero-order valence-corrected chi connectivity index (χ0v) is 12.3. The zero-order valence-electron chi connectivity index (χ0n) is 11.4. The molecule has 0 fully saturated rings. The van der Waals surface area contributed by atoms with Crippen LogP contribution in [-0.4, -0.2) is 21.3 Å². The van der Waals surface area contributed by atoms with Crippen LogP contribution in [0.15, 0.2) is 12.1 Å². The van der Waals surface area contributed by atoms with Crippen LogP contribution >= 0.6 is 8.46 Å². The molecule has 1 unspecified atom stereocenters. The predicted octanol–water partition coefficient (Wildman–Crippen LogP) is 3.63. The molecule has 0 heterocycles. The molecular formula is C13H19O4P. The van der Waals surface area contributed by atoms with Gasteiger partial charge in [0.2, 0.25) is 5.75 Å². The second-order valence-corrected chi connectivity index (χ2v) is 5.30. The van der Waals surface area contributed by atoms with Gasteiger partial charge in [0.05, 0.1) is 26.5 Å². The van der Waals surface area contributed by atoms with Gasteiger partial charge in [-0.2, -0.15) is 0 Å². The number of methoxy groups -OCH3 is 3. The Hall–Kier alpha value is -1.28. The van der Waals surface area contributed by atoms with Crippen molar-refractivity contribution in [3.8, 4) is 17.2 Å². The van der Waals surface area contributed by atoms with E-state index in [1.807, 2.05) is 26.0 Å². The normalized spacial score (nSPS) is 14.1. The monoisotopic (exact) mass is 270 g/mol. The summed E-state index contributed by atoms with van der Waals surface area (Å²) in [7, 11) is 4.77. The van der Waals surface area contributed by atoms with Crippen LogP contribution in [0.2, 0.25) is 0 Å². The van der Waals surface area contributed by atoms with Gasteiger partial charge in [-0.1, -0.05) is 6.92 Å². The van der Waals surface area contributed by atoms with E-state index >= 15 is 0 Å². The highest BCUT2D eigenvalue weighted by Gasteiger charge is 2.28. The molecule has 0 saturated heterocycles. The van der Waals surface area contributed by atoms with Crippen LogP contribution in [0.4, 0.5) is 0 Å². The average Bonchev–Trinajstić information content (AvgIpc) is 2.44. The van der Waals surface area contributed by atoms with Crippen molar-refractivity contribution in [1.82, 2.24) is 0 Å². The van der Waals surface area contributed by atoms with E-state index in [2.05, 4.69) is 0 Å². The van der Waals surface area contributed by atoms with Crippen LogP contribution in [0.3, 0.4) is 0 Å². The highest BCUT2D eigenvalue weighted by molar-refractivity contribution is 7.25. The number of rotatable bonds is 6. The summed E-state index contributed by atoms with van der Waals surface area (Å²) in [5.74, 6) is 1.70. The Morgan fingerprint density at radius 1 is 1.11 bits per heavy atom. The first-order valence-corrected chi connectivity index (χ1v) is 6.52. The largest absolute Gasteiger partial charge is 0.493 e. The van der Waals surface area contributed by atoms with Gasteiger partial charge in [0.25, 0.3) is 0 Å². The minimum absolute atomic E-state index is 0.0728. The van der Waals surface area contributed by atoms with E-state index in [0.717, 1.165) is 12.0 Å². The molecule has 0 aromatic heterocycles. The Labute approximate surface area is 109 Å². The topological polar surface area (TPSA) is 44.8 Å². The first kappa shape index (κ1) is 14.8. The van der Waals surface area contributed by atoms with Gasteiger partial charge in [-0.05, 0) is 31.0 Å². The molecule has 0 amide bonds. The fourth-order valence-corrected chi connectivity index (χ4v) is 2.08. The van der Waals surface area contributed by atoms with E-state index in [0.29, 0.717) is 17.2 Å². The molecule has 0 radical (unpaired) electrons. The number of hydrogen-bond acceptors (Lipinski definition) is 4. The van der Waals surface area contributed by atoms with Gasteiger partial charge in [0.15, 0.2) is 20.0 Å². The summed E-state index contributed by atoms with van der Waals surface area (Å²) in [5.41, 5.74) is 0.899. The zero-order chi connectivity index (χ0) is 13.8. The van der Waals surface area contributed by atoms with E-state index in [9.17, 15) is 4.57 Å². The van der Waals surface area contributed by atoms with Gasteiger partial charge in [-0.3, -0.25) is 4.57 Å². The molecule has 0 saturated carbocycles. The lowest BCUT2D eigenvalue weighted by atomic mass is 9.96. The maximum atomic E-state index is 11.4. The molecule has 1 aromatic carbocycles. The Kier molecular flexibility index (Phi) is 4.97. The Morgan fingerprint density at radius 2 is 1.61 bits per heavy atom. The number of benzene rings is 1. The third kappa shape index (κ3) is 2.59. The van der Waals surface area contributed by atoms with Crippen molar-refractivity contribution in [3.05, 3.63) is 17.7 Å². The van der Waals surface area contributed by atoms with Crippen LogP contribution in [0, 0.1) is 0 Å². The third-order valence-corrected chi connectivity index (χ3v) is 4.15. The maximum Gasteiger partial charge on any atom is 0.203 e. The molecule has 100 valence electrons. The summed E-state index contributed by atoms with van der Waals surface area (Å²) in [6.45, 7) is 3.93.